The minimum atomic E-state index is -0.615. The van der Waals surface area contributed by atoms with Gasteiger partial charge in [-0.25, -0.2) is 4.79 Å². The van der Waals surface area contributed by atoms with E-state index >= 15 is 0 Å². The summed E-state index contributed by atoms with van der Waals surface area (Å²) in [7, 11) is 0. The van der Waals surface area contributed by atoms with Gasteiger partial charge in [0.25, 0.3) is 5.91 Å². The molecule has 1 aliphatic heterocycles. The molecule has 3 aromatic carbocycles. The molecular formula is C23H20N2O4S. The van der Waals surface area contributed by atoms with E-state index in [0.29, 0.717) is 11.4 Å². The van der Waals surface area contributed by atoms with Gasteiger partial charge in [-0.05, 0) is 47.5 Å². The predicted octanol–water partition coefficient (Wildman–Crippen LogP) is 3.92. The van der Waals surface area contributed by atoms with Gasteiger partial charge in [0.05, 0.1) is 23.0 Å². The summed E-state index contributed by atoms with van der Waals surface area (Å²) < 4.78 is 5.14. The van der Waals surface area contributed by atoms with Crippen LogP contribution in [-0.2, 0) is 14.3 Å². The van der Waals surface area contributed by atoms with Crippen molar-refractivity contribution >= 4 is 46.0 Å². The standard InChI is InChI=1S/C23H20N2O4S/c1-14(16-7-6-15-4-2-3-5-17(15)10-16)24-21(26)12-29-23(28)18-8-9-20-19(11-18)25-22(27)13-30-20/h2-11,14H,12-13H2,1H3,(H,24,26)(H,25,27). The first-order valence-electron chi connectivity index (χ1n) is 9.51. The number of ether oxygens (including phenoxy) is 1. The first-order chi connectivity index (χ1) is 14.5. The van der Waals surface area contributed by atoms with Crippen molar-refractivity contribution in [2.45, 2.75) is 17.9 Å². The highest BCUT2D eigenvalue weighted by Crippen LogP contribution is 2.32. The highest BCUT2D eigenvalue weighted by Gasteiger charge is 2.19. The van der Waals surface area contributed by atoms with E-state index in [1.807, 2.05) is 49.4 Å². The zero-order valence-electron chi connectivity index (χ0n) is 16.3. The van der Waals surface area contributed by atoms with Gasteiger partial charge in [-0.15, -0.1) is 11.8 Å². The number of rotatable bonds is 5. The summed E-state index contributed by atoms with van der Waals surface area (Å²) in [5.41, 5.74) is 1.84. The Kier molecular flexibility index (Phi) is 5.72. The second-order valence-electron chi connectivity index (χ2n) is 7.02. The SMILES string of the molecule is CC(NC(=O)COC(=O)c1ccc2c(c1)NC(=O)CS2)c1ccc2ccccc2c1. The molecule has 152 valence electrons. The monoisotopic (exact) mass is 420 g/mol. The topological polar surface area (TPSA) is 84.5 Å². The Bertz CT molecular complexity index is 1150. The van der Waals surface area contributed by atoms with Crippen molar-refractivity contribution in [3.8, 4) is 0 Å². The first-order valence-corrected chi connectivity index (χ1v) is 10.5. The van der Waals surface area contributed by atoms with E-state index < -0.39 is 5.97 Å². The summed E-state index contributed by atoms with van der Waals surface area (Å²) >= 11 is 1.41. The summed E-state index contributed by atoms with van der Waals surface area (Å²) in [6.45, 7) is 1.50. The largest absolute Gasteiger partial charge is 0.452 e. The Morgan fingerprint density at radius 2 is 1.90 bits per heavy atom. The Morgan fingerprint density at radius 3 is 2.73 bits per heavy atom. The molecule has 30 heavy (non-hydrogen) atoms. The van der Waals surface area contributed by atoms with E-state index in [1.54, 1.807) is 18.2 Å². The highest BCUT2D eigenvalue weighted by molar-refractivity contribution is 8.00. The van der Waals surface area contributed by atoms with E-state index in [-0.39, 0.29) is 30.0 Å². The van der Waals surface area contributed by atoms with Crippen molar-refractivity contribution in [2.24, 2.45) is 0 Å². The van der Waals surface area contributed by atoms with Gasteiger partial charge in [-0.1, -0.05) is 36.4 Å². The first kappa shape index (κ1) is 20.0. The van der Waals surface area contributed by atoms with Crippen LogP contribution in [0.2, 0.25) is 0 Å². The van der Waals surface area contributed by atoms with Crippen molar-refractivity contribution in [2.75, 3.05) is 17.7 Å². The molecule has 0 aliphatic carbocycles. The fourth-order valence-corrected chi connectivity index (χ4v) is 4.06. The molecule has 6 nitrogen and oxygen atoms in total. The second kappa shape index (κ2) is 8.59. The molecule has 3 aromatic rings. The molecular weight excluding hydrogens is 400 g/mol. The second-order valence-corrected chi connectivity index (χ2v) is 8.04. The predicted molar refractivity (Wildman–Crippen MR) is 117 cm³/mol. The third-order valence-corrected chi connectivity index (χ3v) is 5.91. The summed E-state index contributed by atoms with van der Waals surface area (Å²) in [6.07, 6.45) is 0. The number of hydrogen-bond acceptors (Lipinski definition) is 5. The summed E-state index contributed by atoms with van der Waals surface area (Å²) in [4.78, 5) is 37.0. The Labute approximate surface area is 178 Å². The van der Waals surface area contributed by atoms with Gasteiger partial charge in [0, 0.05) is 4.90 Å². The Balaban J connectivity index is 1.34. The number of hydrogen-bond donors (Lipinski definition) is 2. The lowest BCUT2D eigenvalue weighted by molar-refractivity contribution is -0.124. The quantitative estimate of drug-likeness (QED) is 0.611. The van der Waals surface area contributed by atoms with Crippen molar-refractivity contribution in [3.05, 3.63) is 71.8 Å². The summed E-state index contributed by atoms with van der Waals surface area (Å²) in [5, 5.41) is 7.81. The molecule has 0 saturated heterocycles. The Morgan fingerprint density at radius 1 is 1.10 bits per heavy atom. The minimum Gasteiger partial charge on any atom is -0.452 e. The van der Waals surface area contributed by atoms with E-state index in [1.165, 1.54) is 11.8 Å². The van der Waals surface area contributed by atoms with Crippen LogP contribution >= 0.6 is 11.8 Å². The van der Waals surface area contributed by atoms with Gasteiger partial charge in [0.1, 0.15) is 0 Å². The molecule has 7 heteroatoms. The van der Waals surface area contributed by atoms with Gasteiger partial charge in [0.2, 0.25) is 5.91 Å². The molecule has 0 saturated carbocycles. The molecule has 0 radical (unpaired) electrons. The lowest BCUT2D eigenvalue weighted by Crippen LogP contribution is -2.31. The third-order valence-electron chi connectivity index (χ3n) is 4.83. The fraction of sp³-hybridized carbons (Fsp3) is 0.174. The van der Waals surface area contributed by atoms with Gasteiger partial charge < -0.3 is 15.4 Å². The van der Waals surface area contributed by atoms with Crippen molar-refractivity contribution in [3.63, 3.8) is 0 Å². The number of thioether (sulfide) groups is 1. The van der Waals surface area contributed by atoms with Crippen LogP contribution in [0, 0.1) is 0 Å². The lowest BCUT2D eigenvalue weighted by atomic mass is 10.0. The zero-order chi connectivity index (χ0) is 21.1. The average Bonchev–Trinajstić information content (AvgIpc) is 2.76. The summed E-state index contributed by atoms with van der Waals surface area (Å²) in [6, 6.07) is 18.8. The van der Waals surface area contributed by atoms with E-state index in [4.69, 9.17) is 4.74 Å². The van der Waals surface area contributed by atoms with Crippen molar-refractivity contribution < 1.29 is 19.1 Å². The van der Waals surface area contributed by atoms with Gasteiger partial charge in [-0.2, -0.15) is 0 Å². The van der Waals surface area contributed by atoms with Crippen LogP contribution in [0.15, 0.2) is 65.6 Å². The maximum atomic E-state index is 12.3. The number of carbonyl (C=O) groups is 3. The van der Waals surface area contributed by atoms with Crippen LogP contribution in [0.1, 0.15) is 28.9 Å². The molecule has 2 N–H and O–H groups in total. The van der Waals surface area contributed by atoms with Crippen LogP contribution in [0.3, 0.4) is 0 Å². The third kappa shape index (κ3) is 4.46. The molecule has 0 bridgehead atoms. The number of fused-ring (bicyclic) bond motifs is 2. The van der Waals surface area contributed by atoms with Crippen molar-refractivity contribution in [1.82, 2.24) is 5.32 Å². The van der Waals surface area contributed by atoms with Crippen LogP contribution in [0.4, 0.5) is 5.69 Å². The molecule has 1 heterocycles. The molecule has 0 fully saturated rings. The number of carbonyl (C=O) groups excluding carboxylic acids is 3. The molecule has 0 spiro atoms. The fourth-order valence-electron chi connectivity index (χ4n) is 3.27. The number of esters is 1. The van der Waals surface area contributed by atoms with Crippen LogP contribution in [0.25, 0.3) is 10.8 Å². The van der Waals surface area contributed by atoms with E-state index in [0.717, 1.165) is 21.2 Å². The van der Waals surface area contributed by atoms with Crippen molar-refractivity contribution in [1.29, 1.82) is 0 Å². The molecule has 4 rings (SSSR count). The van der Waals surface area contributed by atoms with Gasteiger partial charge in [0.15, 0.2) is 6.61 Å². The zero-order valence-corrected chi connectivity index (χ0v) is 17.1. The molecule has 1 atom stereocenters. The highest BCUT2D eigenvalue weighted by atomic mass is 32.2. The minimum absolute atomic E-state index is 0.111. The van der Waals surface area contributed by atoms with Crippen LogP contribution < -0.4 is 10.6 Å². The van der Waals surface area contributed by atoms with Crippen LogP contribution in [0.5, 0.6) is 0 Å². The molecule has 1 unspecified atom stereocenters. The molecule has 2 amide bonds. The van der Waals surface area contributed by atoms with Gasteiger partial charge in [-0.3, -0.25) is 9.59 Å². The maximum absolute atomic E-state index is 12.3. The van der Waals surface area contributed by atoms with Crippen LogP contribution in [-0.4, -0.2) is 30.1 Å². The lowest BCUT2D eigenvalue weighted by Gasteiger charge is -2.17. The van der Waals surface area contributed by atoms with Gasteiger partial charge >= 0.3 is 5.97 Å². The number of amides is 2. The normalized spacial score (nSPS) is 13.8. The number of anilines is 1. The number of benzene rings is 3. The Hall–Kier alpha value is -3.32. The van der Waals surface area contributed by atoms with E-state index in [2.05, 4.69) is 10.6 Å². The number of nitrogens with one attached hydrogen (secondary N) is 2. The smallest absolute Gasteiger partial charge is 0.338 e. The average molecular weight is 420 g/mol. The van der Waals surface area contributed by atoms with E-state index in [9.17, 15) is 14.4 Å². The molecule has 1 aliphatic rings. The summed E-state index contributed by atoms with van der Waals surface area (Å²) in [5.74, 6) is -0.756. The molecule has 0 aromatic heterocycles. The maximum Gasteiger partial charge on any atom is 0.338 e.